The summed E-state index contributed by atoms with van der Waals surface area (Å²) in [5.74, 6) is 0.706. The van der Waals surface area contributed by atoms with Crippen molar-refractivity contribution in [2.24, 2.45) is 4.99 Å². The largest absolute Gasteiger partial charge is 0.357 e. The Morgan fingerprint density at radius 3 is 2.52 bits per heavy atom. The first-order valence-corrected chi connectivity index (χ1v) is 9.90. The summed E-state index contributed by atoms with van der Waals surface area (Å²) in [6, 6.07) is 5.73. The Morgan fingerprint density at radius 2 is 1.92 bits per heavy atom. The van der Waals surface area contributed by atoms with E-state index in [1.165, 1.54) is 0 Å². The van der Waals surface area contributed by atoms with Crippen LogP contribution in [0.3, 0.4) is 0 Å². The highest BCUT2D eigenvalue weighted by molar-refractivity contribution is 14.0. The minimum atomic E-state index is -3.51. The Morgan fingerprint density at radius 1 is 1.24 bits per heavy atom. The average molecular weight is 482 g/mol. The summed E-state index contributed by atoms with van der Waals surface area (Å²) >= 11 is 0. The molecule has 1 rings (SSSR count). The van der Waals surface area contributed by atoms with Crippen LogP contribution in [0.4, 0.5) is 0 Å². The first-order valence-electron chi connectivity index (χ1n) is 8.42. The van der Waals surface area contributed by atoms with Crippen molar-refractivity contribution in [2.45, 2.75) is 52.0 Å². The van der Waals surface area contributed by atoms with E-state index in [1.807, 2.05) is 26.0 Å². The third-order valence-electron chi connectivity index (χ3n) is 3.65. The first-order chi connectivity index (χ1) is 11.3. The van der Waals surface area contributed by atoms with Crippen LogP contribution in [0, 0.1) is 13.8 Å². The second-order valence-electron chi connectivity index (χ2n) is 5.88. The highest BCUT2D eigenvalue weighted by atomic mass is 127. The maximum absolute atomic E-state index is 12.4. The van der Waals surface area contributed by atoms with Gasteiger partial charge in [-0.15, -0.1) is 24.0 Å². The van der Waals surface area contributed by atoms with Crippen LogP contribution < -0.4 is 15.4 Å². The van der Waals surface area contributed by atoms with E-state index in [0.717, 1.165) is 24.1 Å². The molecule has 0 saturated carbocycles. The average Bonchev–Trinajstić information content (AvgIpc) is 2.53. The number of nitrogens with one attached hydrogen (secondary N) is 3. The molecule has 0 bridgehead atoms. The first kappa shape index (κ1) is 24.1. The Labute approximate surface area is 169 Å². The maximum Gasteiger partial charge on any atom is 0.240 e. The number of aryl methyl sites for hydroxylation is 2. The van der Waals surface area contributed by atoms with E-state index in [9.17, 15) is 8.42 Å². The molecule has 6 nitrogen and oxygen atoms in total. The fourth-order valence-corrected chi connectivity index (χ4v) is 3.43. The van der Waals surface area contributed by atoms with Crippen LogP contribution in [0.25, 0.3) is 0 Å². The van der Waals surface area contributed by atoms with Crippen molar-refractivity contribution in [3.8, 4) is 0 Å². The Kier molecular flexibility index (Phi) is 11.3. The molecule has 0 spiro atoms. The number of sulfonamides is 1. The standard InChI is InChI=1S/C17H30N4O2S.HI/c1-6-15(5)21-17(18-7-2)19-10-11-20-24(22,23)16-12-13(3)8-9-14(16)4;/h8-9,12,15,20H,6-7,10-11H2,1-5H3,(H2,18,19,21);1H. The molecule has 0 aliphatic heterocycles. The summed E-state index contributed by atoms with van der Waals surface area (Å²) in [7, 11) is -3.51. The van der Waals surface area contributed by atoms with Crippen molar-refractivity contribution in [3.63, 3.8) is 0 Å². The summed E-state index contributed by atoms with van der Waals surface area (Å²) in [4.78, 5) is 4.74. The molecule has 0 aromatic heterocycles. The second-order valence-corrected chi connectivity index (χ2v) is 7.62. The highest BCUT2D eigenvalue weighted by Crippen LogP contribution is 2.16. The van der Waals surface area contributed by atoms with Crippen molar-refractivity contribution in [1.82, 2.24) is 15.4 Å². The van der Waals surface area contributed by atoms with Gasteiger partial charge in [-0.25, -0.2) is 13.1 Å². The fourth-order valence-electron chi connectivity index (χ4n) is 2.08. The van der Waals surface area contributed by atoms with E-state index in [-0.39, 0.29) is 30.5 Å². The lowest BCUT2D eigenvalue weighted by Crippen LogP contribution is -2.42. The molecule has 25 heavy (non-hydrogen) atoms. The van der Waals surface area contributed by atoms with Gasteiger partial charge in [-0.05, 0) is 51.3 Å². The van der Waals surface area contributed by atoms with Gasteiger partial charge in [-0.1, -0.05) is 19.1 Å². The quantitative estimate of drug-likeness (QED) is 0.230. The smallest absolute Gasteiger partial charge is 0.240 e. The lowest BCUT2D eigenvalue weighted by molar-refractivity contribution is 0.581. The predicted molar refractivity (Wildman–Crippen MR) is 115 cm³/mol. The summed E-state index contributed by atoms with van der Waals surface area (Å²) < 4.78 is 27.4. The molecule has 0 saturated heterocycles. The van der Waals surface area contributed by atoms with Crippen LogP contribution in [-0.2, 0) is 10.0 Å². The summed E-state index contributed by atoms with van der Waals surface area (Å²) in [5, 5.41) is 6.43. The molecule has 144 valence electrons. The van der Waals surface area contributed by atoms with Crippen molar-refractivity contribution >= 4 is 40.0 Å². The molecule has 1 atom stereocenters. The Balaban J connectivity index is 0.00000576. The summed E-state index contributed by atoms with van der Waals surface area (Å²) in [5.41, 5.74) is 1.66. The Hall–Kier alpha value is -0.870. The zero-order chi connectivity index (χ0) is 18.2. The van der Waals surface area contributed by atoms with Crippen molar-refractivity contribution < 1.29 is 8.42 Å². The lowest BCUT2D eigenvalue weighted by Gasteiger charge is -2.16. The molecule has 0 aliphatic carbocycles. The molecule has 0 aliphatic rings. The van der Waals surface area contributed by atoms with Gasteiger partial charge in [0.1, 0.15) is 0 Å². The molecule has 0 heterocycles. The molecule has 0 fully saturated rings. The topological polar surface area (TPSA) is 82.6 Å². The van der Waals surface area contributed by atoms with Gasteiger partial charge < -0.3 is 10.6 Å². The molecule has 1 unspecified atom stereocenters. The third kappa shape index (κ3) is 8.37. The lowest BCUT2D eigenvalue weighted by atomic mass is 10.2. The number of guanidine groups is 1. The molecular weight excluding hydrogens is 451 g/mol. The van der Waals surface area contributed by atoms with E-state index in [1.54, 1.807) is 13.0 Å². The number of benzene rings is 1. The molecule has 3 N–H and O–H groups in total. The van der Waals surface area contributed by atoms with E-state index in [2.05, 4.69) is 34.2 Å². The number of aliphatic imine (C=N–C) groups is 1. The van der Waals surface area contributed by atoms with Gasteiger partial charge in [0.2, 0.25) is 10.0 Å². The van der Waals surface area contributed by atoms with Crippen LogP contribution in [0.5, 0.6) is 0 Å². The van der Waals surface area contributed by atoms with Crippen molar-refractivity contribution in [3.05, 3.63) is 29.3 Å². The van der Waals surface area contributed by atoms with Gasteiger partial charge in [0.15, 0.2) is 5.96 Å². The molecular formula is C17H31IN4O2S. The molecule has 1 aromatic rings. The van der Waals surface area contributed by atoms with E-state index >= 15 is 0 Å². The maximum atomic E-state index is 12.4. The monoisotopic (exact) mass is 482 g/mol. The van der Waals surface area contributed by atoms with Gasteiger partial charge in [0, 0.05) is 19.1 Å². The van der Waals surface area contributed by atoms with Crippen LogP contribution in [0.15, 0.2) is 28.1 Å². The van der Waals surface area contributed by atoms with Crippen LogP contribution in [-0.4, -0.2) is 40.1 Å². The van der Waals surface area contributed by atoms with E-state index in [0.29, 0.717) is 23.4 Å². The minimum absolute atomic E-state index is 0. The zero-order valence-corrected chi connectivity index (χ0v) is 18.9. The number of nitrogens with zero attached hydrogens (tertiary/aromatic N) is 1. The van der Waals surface area contributed by atoms with Crippen LogP contribution in [0.1, 0.15) is 38.3 Å². The van der Waals surface area contributed by atoms with Gasteiger partial charge in [-0.2, -0.15) is 0 Å². The zero-order valence-electron chi connectivity index (χ0n) is 15.7. The summed E-state index contributed by atoms with van der Waals surface area (Å²) in [6.07, 6.45) is 0.990. The number of hydrogen-bond donors (Lipinski definition) is 3. The number of rotatable bonds is 8. The fraction of sp³-hybridized carbons (Fsp3) is 0.588. The second kappa shape index (κ2) is 11.7. The van der Waals surface area contributed by atoms with E-state index < -0.39 is 10.0 Å². The van der Waals surface area contributed by atoms with Crippen LogP contribution in [0.2, 0.25) is 0 Å². The number of halogens is 1. The SMILES string of the molecule is CCNC(=NCCNS(=O)(=O)c1cc(C)ccc1C)NC(C)CC.I. The molecule has 8 heteroatoms. The van der Waals surface area contributed by atoms with Gasteiger partial charge in [-0.3, -0.25) is 4.99 Å². The number of hydrogen-bond acceptors (Lipinski definition) is 3. The highest BCUT2D eigenvalue weighted by Gasteiger charge is 2.16. The van der Waals surface area contributed by atoms with Gasteiger partial charge >= 0.3 is 0 Å². The molecule has 1 aromatic carbocycles. The normalized spacial score (nSPS) is 13.1. The minimum Gasteiger partial charge on any atom is -0.357 e. The van der Waals surface area contributed by atoms with Gasteiger partial charge in [0.25, 0.3) is 0 Å². The third-order valence-corrected chi connectivity index (χ3v) is 5.25. The van der Waals surface area contributed by atoms with E-state index in [4.69, 9.17) is 0 Å². The van der Waals surface area contributed by atoms with Crippen molar-refractivity contribution in [2.75, 3.05) is 19.6 Å². The van der Waals surface area contributed by atoms with Crippen molar-refractivity contribution in [1.29, 1.82) is 0 Å². The summed E-state index contributed by atoms with van der Waals surface area (Å²) in [6.45, 7) is 11.2. The van der Waals surface area contributed by atoms with Crippen LogP contribution >= 0.6 is 24.0 Å². The molecule has 0 amide bonds. The Bertz CT molecular complexity index is 663. The van der Waals surface area contributed by atoms with Gasteiger partial charge in [0.05, 0.1) is 11.4 Å². The predicted octanol–water partition coefficient (Wildman–Crippen LogP) is 2.55. The molecule has 0 radical (unpaired) electrons.